The summed E-state index contributed by atoms with van der Waals surface area (Å²) in [7, 11) is 0. The van der Waals surface area contributed by atoms with Gasteiger partial charge in [-0.15, -0.1) is 11.3 Å². The summed E-state index contributed by atoms with van der Waals surface area (Å²) in [6, 6.07) is 12.4. The van der Waals surface area contributed by atoms with E-state index in [1.54, 1.807) is 6.20 Å². The maximum atomic E-state index is 13.0. The Labute approximate surface area is 145 Å². The number of amides is 1. The Hall–Kier alpha value is -2.40. The lowest BCUT2D eigenvalue weighted by atomic mass is 9.96. The number of nitrogens with one attached hydrogen (secondary N) is 1. The van der Waals surface area contributed by atoms with Gasteiger partial charge in [0, 0.05) is 18.3 Å². The van der Waals surface area contributed by atoms with Crippen LogP contribution < -0.4 is 0 Å². The maximum Gasteiger partial charge on any atom is 0.264 e. The van der Waals surface area contributed by atoms with Crippen LogP contribution in [0.3, 0.4) is 0 Å². The first-order chi connectivity index (χ1) is 11.8. The van der Waals surface area contributed by atoms with Crippen LogP contribution in [0.15, 0.2) is 48.0 Å². The quantitative estimate of drug-likeness (QED) is 0.769. The van der Waals surface area contributed by atoms with Crippen molar-refractivity contribution < 1.29 is 4.79 Å². The fourth-order valence-electron chi connectivity index (χ4n) is 3.49. The number of H-pyrrole nitrogens is 1. The van der Waals surface area contributed by atoms with E-state index >= 15 is 0 Å². The summed E-state index contributed by atoms with van der Waals surface area (Å²) >= 11 is 1.54. The normalized spacial score (nSPS) is 17.4. The summed E-state index contributed by atoms with van der Waals surface area (Å²) in [6.07, 6.45) is 3.80. The number of benzene rings is 1. The molecule has 0 aliphatic carbocycles. The second-order valence-electron chi connectivity index (χ2n) is 6.15. The molecule has 1 amide bonds. The first kappa shape index (κ1) is 15.1. The molecule has 0 spiro atoms. The average Bonchev–Trinajstić information content (AvgIpc) is 3.35. The summed E-state index contributed by atoms with van der Waals surface area (Å²) in [5.74, 6) is 0.157. The van der Waals surface area contributed by atoms with Crippen LogP contribution in [0.4, 0.5) is 0 Å². The van der Waals surface area contributed by atoms with Crippen molar-refractivity contribution in [2.45, 2.75) is 25.8 Å². The van der Waals surface area contributed by atoms with E-state index in [0.29, 0.717) is 0 Å². The van der Waals surface area contributed by atoms with Crippen molar-refractivity contribution in [2.24, 2.45) is 0 Å². The van der Waals surface area contributed by atoms with Gasteiger partial charge in [-0.1, -0.05) is 24.3 Å². The predicted octanol–water partition coefficient (Wildman–Crippen LogP) is 4.42. The SMILES string of the molecule is Cc1ccsc1C(=O)N1CCC[C@@H]1c1ccccc1-c1ccn[nH]1. The zero-order chi connectivity index (χ0) is 16.5. The van der Waals surface area contributed by atoms with Crippen LogP contribution in [0.5, 0.6) is 0 Å². The van der Waals surface area contributed by atoms with Crippen molar-refractivity contribution in [3.05, 3.63) is 64.0 Å². The van der Waals surface area contributed by atoms with Gasteiger partial charge >= 0.3 is 0 Å². The highest BCUT2D eigenvalue weighted by atomic mass is 32.1. The minimum Gasteiger partial charge on any atom is -0.331 e. The first-order valence-electron chi connectivity index (χ1n) is 8.19. The van der Waals surface area contributed by atoms with Gasteiger partial charge in [0.25, 0.3) is 5.91 Å². The van der Waals surface area contributed by atoms with Crippen LogP contribution in [0, 0.1) is 6.92 Å². The largest absolute Gasteiger partial charge is 0.331 e. The molecule has 4 rings (SSSR count). The highest BCUT2D eigenvalue weighted by Gasteiger charge is 2.33. The zero-order valence-electron chi connectivity index (χ0n) is 13.5. The molecule has 1 N–H and O–H groups in total. The molecule has 0 bridgehead atoms. The number of rotatable bonds is 3. The van der Waals surface area contributed by atoms with Crippen LogP contribution in [0.25, 0.3) is 11.3 Å². The fourth-order valence-corrected chi connectivity index (χ4v) is 4.37. The molecule has 1 aliphatic heterocycles. The molecule has 0 saturated carbocycles. The lowest BCUT2D eigenvalue weighted by Crippen LogP contribution is -2.30. The number of aromatic nitrogens is 2. The molecule has 0 radical (unpaired) electrons. The van der Waals surface area contributed by atoms with Crippen molar-refractivity contribution in [2.75, 3.05) is 6.54 Å². The molecule has 24 heavy (non-hydrogen) atoms. The minimum absolute atomic E-state index is 0.124. The summed E-state index contributed by atoms with van der Waals surface area (Å²) in [5.41, 5.74) is 4.39. The molecular formula is C19H19N3OS. The van der Waals surface area contributed by atoms with Gasteiger partial charge in [0.1, 0.15) is 0 Å². The molecular weight excluding hydrogens is 318 g/mol. The number of aryl methyl sites for hydroxylation is 1. The fraction of sp³-hybridized carbons (Fsp3) is 0.263. The lowest BCUT2D eigenvalue weighted by Gasteiger charge is -2.26. The molecule has 4 nitrogen and oxygen atoms in total. The van der Waals surface area contributed by atoms with Crippen molar-refractivity contribution in [1.82, 2.24) is 15.1 Å². The summed E-state index contributed by atoms with van der Waals surface area (Å²) < 4.78 is 0. The molecule has 1 aliphatic rings. The maximum absolute atomic E-state index is 13.0. The molecule has 2 aromatic heterocycles. The molecule has 1 fully saturated rings. The number of nitrogens with zero attached hydrogens (tertiary/aromatic N) is 2. The van der Waals surface area contributed by atoms with Gasteiger partial charge in [0.2, 0.25) is 0 Å². The predicted molar refractivity (Wildman–Crippen MR) is 96.1 cm³/mol. The molecule has 1 aromatic carbocycles. The van der Waals surface area contributed by atoms with Crippen molar-refractivity contribution >= 4 is 17.2 Å². The first-order valence-corrected chi connectivity index (χ1v) is 9.07. The second-order valence-corrected chi connectivity index (χ2v) is 7.06. The highest BCUT2D eigenvalue weighted by molar-refractivity contribution is 7.12. The molecule has 1 saturated heterocycles. The van der Waals surface area contributed by atoms with Crippen LogP contribution in [-0.2, 0) is 0 Å². The Bertz CT molecular complexity index is 853. The third-order valence-corrected chi connectivity index (χ3v) is 5.69. The lowest BCUT2D eigenvalue weighted by molar-refractivity contribution is 0.0740. The topological polar surface area (TPSA) is 49.0 Å². The zero-order valence-corrected chi connectivity index (χ0v) is 14.3. The van der Waals surface area contributed by atoms with Crippen LogP contribution in [0.2, 0.25) is 0 Å². The van der Waals surface area contributed by atoms with Gasteiger partial charge < -0.3 is 4.90 Å². The van der Waals surface area contributed by atoms with Crippen molar-refractivity contribution in [3.63, 3.8) is 0 Å². The number of carbonyl (C=O) groups excluding carboxylic acids is 1. The number of hydrogen-bond acceptors (Lipinski definition) is 3. The standard InChI is InChI=1S/C19H19N3OS/c1-13-9-12-24-18(13)19(23)22-11-4-7-17(22)15-6-3-2-5-14(15)16-8-10-20-21-16/h2-3,5-6,8-10,12,17H,4,7,11H2,1H3,(H,20,21)/t17-/m1/s1. The summed E-state index contributed by atoms with van der Waals surface area (Å²) in [4.78, 5) is 15.9. The summed E-state index contributed by atoms with van der Waals surface area (Å²) in [6.45, 7) is 2.82. The van der Waals surface area contributed by atoms with E-state index in [1.807, 2.05) is 41.5 Å². The van der Waals surface area contributed by atoms with E-state index in [9.17, 15) is 4.79 Å². The van der Waals surface area contributed by atoms with E-state index in [2.05, 4.69) is 22.3 Å². The van der Waals surface area contributed by atoms with Gasteiger partial charge in [-0.3, -0.25) is 9.89 Å². The van der Waals surface area contributed by atoms with Gasteiger partial charge in [0.15, 0.2) is 0 Å². The van der Waals surface area contributed by atoms with E-state index < -0.39 is 0 Å². The second kappa shape index (κ2) is 6.24. The third kappa shape index (κ3) is 2.55. The Morgan fingerprint density at radius 3 is 2.92 bits per heavy atom. The minimum atomic E-state index is 0.124. The smallest absolute Gasteiger partial charge is 0.264 e. The van der Waals surface area contributed by atoms with Crippen LogP contribution in [0.1, 0.15) is 39.7 Å². The number of likely N-dealkylation sites (tertiary alicyclic amines) is 1. The van der Waals surface area contributed by atoms with Crippen molar-refractivity contribution in [3.8, 4) is 11.3 Å². The molecule has 122 valence electrons. The Kier molecular flexibility index (Phi) is 3.94. The van der Waals surface area contributed by atoms with Crippen LogP contribution >= 0.6 is 11.3 Å². The van der Waals surface area contributed by atoms with Gasteiger partial charge in [-0.05, 0) is 48.4 Å². The molecule has 1 atom stereocenters. The summed E-state index contributed by atoms with van der Waals surface area (Å²) in [5, 5.41) is 9.11. The van der Waals surface area contributed by atoms with E-state index in [0.717, 1.165) is 41.1 Å². The van der Waals surface area contributed by atoms with E-state index in [1.165, 1.54) is 16.9 Å². The van der Waals surface area contributed by atoms with Crippen LogP contribution in [-0.4, -0.2) is 27.5 Å². The number of thiophene rings is 1. The van der Waals surface area contributed by atoms with Gasteiger partial charge in [-0.25, -0.2) is 0 Å². The van der Waals surface area contributed by atoms with E-state index in [4.69, 9.17) is 0 Å². The Morgan fingerprint density at radius 2 is 2.17 bits per heavy atom. The number of aromatic amines is 1. The van der Waals surface area contributed by atoms with Gasteiger partial charge in [0.05, 0.1) is 16.6 Å². The molecule has 3 heterocycles. The van der Waals surface area contributed by atoms with Gasteiger partial charge in [-0.2, -0.15) is 5.10 Å². The monoisotopic (exact) mass is 337 g/mol. The Morgan fingerprint density at radius 1 is 1.29 bits per heavy atom. The molecule has 0 unspecified atom stereocenters. The number of hydrogen-bond donors (Lipinski definition) is 1. The Balaban J connectivity index is 1.72. The number of carbonyl (C=O) groups is 1. The van der Waals surface area contributed by atoms with E-state index in [-0.39, 0.29) is 11.9 Å². The molecule has 3 aromatic rings. The highest BCUT2D eigenvalue weighted by Crippen LogP contribution is 2.38. The molecule has 5 heteroatoms. The average molecular weight is 337 g/mol. The third-order valence-electron chi connectivity index (χ3n) is 4.68. The van der Waals surface area contributed by atoms with Crippen molar-refractivity contribution in [1.29, 1.82) is 0 Å².